The summed E-state index contributed by atoms with van der Waals surface area (Å²) in [6.45, 7) is 0.888. The van der Waals surface area contributed by atoms with Crippen LogP contribution < -0.4 is 4.90 Å². The third-order valence-corrected chi connectivity index (χ3v) is 3.64. The normalized spacial score (nSPS) is 14.1. The first-order valence-corrected chi connectivity index (χ1v) is 6.47. The second-order valence-corrected chi connectivity index (χ2v) is 5.02. The number of fused-ring (bicyclic) bond motifs is 1. The molecule has 108 valence electrons. The van der Waals surface area contributed by atoms with E-state index >= 15 is 0 Å². The summed E-state index contributed by atoms with van der Waals surface area (Å²) in [5.41, 5.74) is 1.45. The van der Waals surface area contributed by atoms with Crippen LogP contribution in [0.4, 0.5) is 18.9 Å². The predicted molar refractivity (Wildman–Crippen MR) is 73.2 cm³/mol. The number of benzene rings is 2. The molecule has 3 rings (SSSR count). The van der Waals surface area contributed by atoms with Crippen molar-refractivity contribution in [3.8, 4) is 0 Å². The van der Waals surface area contributed by atoms with E-state index in [-0.39, 0.29) is 11.3 Å². The van der Waals surface area contributed by atoms with Gasteiger partial charge in [0.25, 0.3) is 0 Å². The first-order chi connectivity index (χ1) is 9.99. The average molecular weight is 291 g/mol. The molecule has 2 aromatic carbocycles. The maximum absolute atomic E-state index is 13.2. The molecular weight excluding hydrogens is 279 g/mol. The Bertz CT molecular complexity index is 669. The lowest BCUT2D eigenvalue weighted by Gasteiger charge is -2.23. The lowest BCUT2D eigenvalue weighted by molar-refractivity contribution is -0.137. The smallest absolute Gasteiger partial charge is 0.362 e. The third-order valence-electron chi connectivity index (χ3n) is 3.64. The van der Waals surface area contributed by atoms with Crippen molar-refractivity contribution >= 4 is 12.0 Å². The van der Waals surface area contributed by atoms with Gasteiger partial charge in [-0.1, -0.05) is 24.3 Å². The Kier molecular flexibility index (Phi) is 3.20. The maximum atomic E-state index is 13.2. The van der Waals surface area contributed by atoms with E-state index in [2.05, 4.69) is 0 Å². The van der Waals surface area contributed by atoms with Gasteiger partial charge in [0.05, 0.1) is 5.56 Å². The van der Waals surface area contributed by atoms with Crippen molar-refractivity contribution in [3.63, 3.8) is 0 Å². The van der Waals surface area contributed by atoms with Gasteiger partial charge < -0.3 is 4.90 Å². The van der Waals surface area contributed by atoms with E-state index in [1.54, 1.807) is 4.90 Å². The predicted octanol–water partition coefficient (Wildman–Crippen LogP) is 4.04. The summed E-state index contributed by atoms with van der Waals surface area (Å²) >= 11 is 0. The van der Waals surface area contributed by atoms with Crippen LogP contribution in [0.25, 0.3) is 0 Å². The number of carbonyl (C=O) groups is 1. The van der Waals surface area contributed by atoms with Crippen LogP contribution >= 0.6 is 0 Å². The number of carbonyl (C=O) groups excluding carboxylic acids is 1. The standard InChI is InChI=1S/C16H12F3NO/c17-16(18,19)14-7-11(10-21)5-6-15(14)20-8-12-3-1-2-4-13(12)9-20/h1-7,10H,8-9H2. The van der Waals surface area contributed by atoms with E-state index in [4.69, 9.17) is 0 Å². The van der Waals surface area contributed by atoms with Crippen molar-refractivity contribution in [2.45, 2.75) is 19.3 Å². The minimum Gasteiger partial charge on any atom is -0.362 e. The van der Waals surface area contributed by atoms with Crippen LogP contribution in [0.3, 0.4) is 0 Å². The first kappa shape index (κ1) is 13.7. The number of nitrogens with zero attached hydrogens (tertiary/aromatic N) is 1. The summed E-state index contributed by atoms with van der Waals surface area (Å²) in [5.74, 6) is 0. The molecule has 0 aromatic heterocycles. The zero-order valence-electron chi connectivity index (χ0n) is 11.0. The Hall–Kier alpha value is -2.30. The molecule has 0 amide bonds. The molecule has 0 fully saturated rings. The topological polar surface area (TPSA) is 20.3 Å². The highest BCUT2D eigenvalue weighted by atomic mass is 19.4. The highest BCUT2D eigenvalue weighted by Gasteiger charge is 2.36. The first-order valence-electron chi connectivity index (χ1n) is 6.47. The van der Waals surface area contributed by atoms with Gasteiger partial charge in [-0.15, -0.1) is 0 Å². The van der Waals surface area contributed by atoms with E-state index in [1.807, 2.05) is 24.3 Å². The van der Waals surface area contributed by atoms with Gasteiger partial charge >= 0.3 is 6.18 Å². The van der Waals surface area contributed by atoms with Crippen LogP contribution in [0.15, 0.2) is 42.5 Å². The van der Waals surface area contributed by atoms with E-state index < -0.39 is 11.7 Å². The van der Waals surface area contributed by atoms with Gasteiger partial charge in [0.2, 0.25) is 0 Å². The minimum absolute atomic E-state index is 0.0304. The Balaban J connectivity index is 2.02. The molecule has 0 saturated carbocycles. The van der Waals surface area contributed by atoms with Gasteiger partial charge in [-0.2, -0.15) is 13.2 Å². The number of alkyl halides is 3. The molecule has 0 saturated heterocycles. The fraction of sp³-hybridized carbons (Fsp3) is 0.188. The number of hydrogen-bond acceptors (Lipinski definition) is 2. The largest absolute Gasteiger partial charge is 0.418 e. The lowest BCUT2D eigenvalue weighted by atomic mass is 10.1. The zero-order chi connectivity index (χ0) is 15.0. The van der Waals surface area contributed by atoms with Crippen LogP contribution in [-0.2, 0) is 19.3 Å². The van der Waals surface area contributed by atoms with Crippen molar-refractivity contribution < 1.29 is 18.0 Å². The van der Waals surface area contributed by atoms with Gasteiger partial charge in [-0.25, -0.2) is 0 Å². The zero-order valence-corrected chi connectivity index (χ0v) is 11.0. The molecule has 0 atom stereocenters. The van der Waals surface area contributed by atoms with E-state index in [0.29, 0.717) is 19.4 Å². The summed E-state index contributed by atoms with van der Waals surface area (Å²) in [6, 6.07) is 11.3. The number of anilines is 1. The van der Waals surface area contributed by atoms with Gasteiger partial charge in [-0.05, 0) is 29.3 Å². The quantitative estimate of drug-likeness (QED) is 0.778. The van der Waals surface area contributed by atoms with Crippen molar-refractivity contribution in [2.75, 3.05) is 4.90 Å². The molecule has 0 aliphatic carbocycles. The van der Waals surface area contributed by atoms with Crippen molar-refractivity contribution in [1.29, 1.82) is 0 Å². The number of halogens is 3. The van der Waals surface area contributed by atoms with Crippen molar-refractivity contribution in [2.24, 2.45) is 0 Å². The molecule has 0 N–H and O–H groups in total. The van der Waals surface area contributed by atoms with Crippen LogP contribution in [-0.4, -0.2) is 6.29 Å². The number of aldehydes is 1. The second kappa shape index (κ2) is 4.91. The van der Waals surface area contributed by atoms with Gasteiger partial charge in [0.15, 0.2) is 0 Å². The second-order valence-electron chi connectivity index (χ2n) is 5.02. The summed E-state index contributed by atoms with van der Waals surface area (Å²) in [7, 11) is 0. The Morgan fingerprint density at radius 2 is 1.62 bits per heavy atom. The van der Waals surface area contributed by atoms with Crippen LogP contribution in [0.1, 0.15) is 27.0 Å². The van der Waals surface area contributed by atoms with E-state index in [0.717, 1.165) is 17.2 Å². The molecule has 5 heteroatoms. The molecule has 0 spiro atoms. The molecule has 1 aliphatic heterocycles. The minimum atomic E-state index is -4.48. The molecule has 1 heterocycles. The highest BCUT2D eigenvalue weighted by molar-refractivity contribution is 5.77. The van der Waals surface area contributed by atoms with Crippen LogP contribution in [0.2, 0.25) is 0 Å². The molecule has 1 aliphatic rings. The SMILES string of the molecule is O=Cc1ccc(N2Cc3ccccc3C2)c(C(F)(F)F)c1. The van der Waals surface area contributed by atoms with Crippen LogP contribution in [0, 0.1) is 0 Å². The molecule has 2 aromatic rings. The fourth-order valence-electron chi connectivity index (χ4n) is 2.63. The molecular formula is C16H12F3NO. The molecule has 21 heavy (non-hydrogen) atoms. The van der Waals surface area contributed by atoms with Crippen LogP contribution in [0.5, 0.6) is 0 Å². The van der Waals surface area contributed by atoms with Gasteiger partial charge in [0, 0.05) is 24.3 Å². The summed E-state index contributed by atoms with van der Waals surface area (Å²) in [4.78, 5) is 12.4. The Morgan fingerprint density at radius 3 is 2.14 bits per heavy atom. The van der Waals surface area contributed by atoms with Gasteiger partial charge in [-0.3, -0.25) is 4.79 Å². The Labute approximate surface area is 119 Å². The average Bonchev–Trinajstić information content (AvgIpc) is 2.89. The molecule has 0 unspecified atom stereocenters. The lowest BCUT2D eigenvalue weighted by Crippen LogP contribution is -2.20. The van der Waals surface area contributed by atoms with E-state index in [9.17, 15) is 18.0 Å². The van der Waals surface area contributed by atoms with Crippen molar-refractivity contribution in [1.82, 2.24) is 0 Å². The number of hydrogen-bond donors (Lipinski definition) is 0. The maximum Gasteiger partial charge on any atom is 0.418 e. The molecule has 0 radical (unpaired) electrons. The summed E-state index contributed by atoms with van der Waals surface area (Å²) in [6.07, 6.45) is -4.05. The Morgan fingerprint density at radius 1 is 1.00 bits per heavy atom. The van der Waals surface area contributed by atoms with Gasteiger partial charge in [0.1, 0.15) is 6.29 Å². The summed E-state index contributed by atoms with van der Waals surface area (Å²) < 4.78 is 39.6. The van der Waals surface area contributed by atoms with E-state index in [1.165, 1.54) is 12.1 Å². The monoisotopic (exact) mass is 291 g/mol. The third kappa shape index (κ3) is 2.51. The van der Waals surface area contributed by atoms with Crippen molar-refractivity contribution in [3.05, 3.63) is 64.7 Å². The number of rotatable bonds is 2. The molecule has 0 bridgehead atoms. The molecule has 2 nitrogen and oxygen atoms in total. The highest BCUT2D eigenvalue weighted by Crippen LogP contribution is 2.39. The fourth-order valence-corrected chi connectivity index (χ4v) is 2.63. The summed E-state index contributed by atoms with van der Waals surface area (Å²) in [5, 5.41) is 0.